The minimum absolute atomic E-state index is 0.378. The van der Waals surface area contributed by atoms with Crippen LogP contribution in [0.4, 0.5) is 5.69 Å². The average Bonchev–Trinajstić information content (AvgIpc) is 2.81. The third-order valence-electron chi connectivity index (χ3n) is 5.37. The zero-order valence-electron chi connectivity index (χ0n) is 16.9. The Kier molecular flexibility index (Phi) is 5.21. The molecule has 2 aromatic rings. The van der Waals surface area contributed by atoms with E-state index in [2.05, 4.69) is 4.98 Å². The average molecular weight is 369 g/mol. The summed E-state index contributed by atoms with van der Waals surface area (Å²) in [4.78, 5) is 4.59. The molecule has 7 heteroatoms. The lowest BCUT2D eigenvalue weighted by Crippen LogP contribution is -2.41. The molecule has 144 valence electrons. The summed E-state index contributed by atoms with van der Waals surface area (Å²) in [5, 5.41) is 1.60. The molecular formula is C20H28BN3O3. The number of aryl methyl sites for hydroxylation is 1. The Hall–Kier alpha value is -2.09. The van der Waals surface area contributed by atoms with Gasteiger partial charge < -0.3 is 19.1 Å². The second-order valence-corrected chi connectivity index (χ2v) is 7.96. The number of nitrogens with two attached hydrogens (primary N) is 1. The molecule has 0 saturated carbocycles. The van der Waals surface area contributed by atoms with Gasteiger partial charge in [0, 0.05) is 18.7 Å². The molecule has 3 rings (SSSR count). The van der Waals surface area contributed by atoms with E-state index in [-0.39, 0.29) is 0 Å². The number of rotatable bonds is 5. The molecule has 0 unspecified atom stereocenters. The number of benzene rings is 1. The molecule has 27 heavy (non-hydrogen) atoms. The van der Waals surface area contributed by atoms with Crippen LogP contribution >= 0.6 is 0 Å². The largest absolute Gasteiger partial charge is 0.514 e. The van der Waals surface area contributed by atoms with Gasteiger partial charge in [-0.05, 0) is 52.3 Å². The third-order valence-corrected chi connectivity index (χ3v) is 5.37. The molecule has 1 aliphatic rings. The number of nitrogens with zero attached hydrogens (tertiary/aromatic N) is 2. The van der Waals surface area contributed by atoms with Crippen molar-refractivity contribution in [1.29, 1.82) is 0 Å². The monoisotopic (exact) mass is 369 g/mol. The van der Waals surface area contributed by atoms with E-state index in [1.165, 1.54) is 0 Å². The van der Waals surface area contributed by atoms with E-state index in [1.54, 1.807) is 5.01 Å². The number of hydrazine groups is 1. The van der Waals surface area contributed by atoms with Gasteiger partial charge in [0.2, 0.25) is 5.88 Å². The maximum absolute atomic E-state index is 6.07. The highest BCUT2D eigenvalue weighted by Crippen LogP contribution is 2.36. The second-order valence-electron chi connectivity index (χ2n) is 7.96. The molecule has 2 heterocycles. The Balaban J connectivity index is 1.77. The van der Waals surface area contributed by atoms with E-state index in [4.69, 9.17) is 19.9 Å². The van der Waals surface area contributed by atoms with E-state index >= 15 is 0 Å². The minimum atomic E-state index is -0.511. The molecule has 0 atom stereocenters. The predicted octanol–water partition coefficient (Wildman–Crippen LogP) is 2.58. The second kappa shape index (κ2) is 7.15. The fourth-order valence-electron chi connectivity index (χ4n) is 2.96. The zero-order valence-corrected chi connectivity index (χ0v) is 16.9. The summed E-state index contributed by atoms with van der Waals surface area (Å²) in [7, 11) is 1.30. The minimum Gasteiger partial charge on any atom is -0.473 e. The molecule has 1 saturated heterocycles. The maximum atomic E-state index is 6.07. The van der Waals surface area contributed by atoms with E-state index in [0.29, 0.717) is 18.1 Å². The van der Waals surface area contributed by atoms with Gasteiger partial charge in [0.15, 0.2) is 0 Å². The van der Waals surface area contributed by atoms with E-state index < -0.39 is 18.3 Å². The molecule has 1 aliphatic heterocycles. The van der Waals surface area contributed by atoms with Crippen LogP contribution in [-0.2, 0) is 15.9 Å². The fourth-order valence-corrected chi connectivity index (χ4v) is 2.96. The van der Waals surface area contributed by atoms with Crippen LogP contribution in [0.15, 0.2) is 36.4 Å². The number of hydrogen-bond donors (Lipinski definition) is 1. The molecule has 0 bridgehead atoms. The lowest BCUT2D eigenvalue weighted by molar-refractivity contribution is 0.00578. The van der Waals surface area contributed by atoms with Gasteiger partial charge in [0.1, 0.15) is 6.61 Å². The summed E-state index contributed by atoms with van der Waals surface area (Å²) in [6.07, 6.45) is 0. The molecule has 0 aliphatic carbocycles. The molecule has 2 N–H and O–H groups in total. The summed E-state index contributed by atoms with van der Waals surface area (Å²) in [5.41, 5.74) is 2.97. The van der Waals surface area contributed by atoms with Crippen molar-refractivity contribution < 1.29 is 14.0 Å². The van der Waals surface area contributed by atoms with Gasteiger partial charge in [-0.1, -0.05) is 18.2 Å². The fraction of sp³-hybridized carbons (Fsp3) is 0.450. The van der Waals surface area contributed by atoms with Crippen molar-refractivity contribution >= 4 is 18.4 Å². The molecule has 0 spiro atoms. The highest BCUT2D eigenvalue weighted by Gasteiger charge is 2.52. The van der Waals surface area contributed by atoms with E-state index in [0.717, 1.165) is 16.8 Å². The van der Waals surface area contributed by atoms with Crippen LogP contribution in [0, 0.1) is 6.92 Å². The van der Waals surface area contributed by atoms with Crippen LogP contribution in [-0.4, -0.2) is 30.4 Å². The Labute approximate surface area is 161 Å². The standard InChI is InChI=1S/C20H28BN3O3/c1-14-9-7-10-16(24(6)22)15(14)13-25-18-12-8-11-17(23-18)21-26-19(2,3)20(4,5)27-21/h7-12H,13,22H2,1-6H3. The summed E-state index contributed by atoms with van der Waals surface area (Å²) < 4.78 is 18.1. The number of pyridine rings is 1. The first kappa shape index (κ1) is 19.7. The zero-order chi connectivity index (χ0) is 19.8. The van der Waals surface area contributed by atoms with E-state index in [9.17, 15) is 0 Å². The van der Waals surface area contributed by atoms with Crippen molar-refractivity contribution in [2.45, 2.75) is 52.4 Å². The van der Waals surface area contributed by atoms with Crippen LogP contribution < -0.4 is 21.2 Å². The topological polar surface area (TPSA) is 69.8 Å². The van der Waals surface area contributed by atoms with Crippen molar-refractivity contribution in [3.63, 3.8) is 0 Å². The molecule has 1 aromatic heterocycles. The van der Waals surface area contributed by atoms with Crippen molar-refractivity contribution in [3.05, 3.63) is 47.5 Å². The predicted molar refractivity (Wildman–Crippen MR) is 108 cm³/mol. The molecule has 1 aromatic carbocycles. The van der Waals surface area contributed by atoms with Gasteiger partial charge in [-0.25, -0.2) is 10.8 Å². The lowest BCUT2D eigenvalue weighted by Gasteiger charge is -2.32. The molecule has 0 radical (unpaired) electrons. The van der Waals surface area contributed by atoms with Crippen LogP contribution in [0.5, 0.6) is 5.88 Å². The van der Waals surface area contributed by atoms with Crippen LogP contribution in [0.2, 0.25) is 0 Å². The number of hydrogen-bond acceptors (Lipinski definition) is 6. The Morgan fingerprint density at radius 3 is 2.33 bits per heavy atom. The van der Waals surface area contributed by atoms with Crippen molar-refractivity contribution in [2.75, 3.05) is 12.1 Å². The SMILES string of the molecule is Cc1cccc(N(C)N)c1COc1cccc(B2OC(C)(C)C(C)(C)O2)n1. The van der Waals surface area contributed by atoms with Gasteiger partial charge >= 0.3 is 7.12 Å². The van der Waals surface area contributed by atoms with Gasteiger partial charge in [0.05, 0.1) is 22.5 Å². The Morgan fingerprint density at radius 1 is 1.07 bits per heavy atom. The van der Waals surface area contributed by atoms with Crippen LogP contribution in [0.25, 0.3) is 0 Å². The maximum Gasteiger partial charge on any atom is 0.514 e. The highest BCUT2D eigenvalue weighted by molar-refractivity contribution is 6.61. The van der Waals surface area contributed by atoms with E-state index in [1.807, 2.05) is 78.1 Å². The molecule has 1 fully saturated rings. The molecule has 6 nitrogen and oxygen atoms in total. The lowest BCUT2D eigenvalue weighted by atomic mass is 9.84. The van der Waals surface area contributed by atoms with Crippen LogP contribution in [0.3, 0.4) is 0 Å². The first-order valence-electron chi connectivity index (χ1n) is 9.13. The van der Waals surface area contributed by atoms with Crippen molar-refractivity contribution in [3.8, 4) is 5.88 Å². The van der Waals surface area contributed by atoms with Crippen molar-refractivity contribution in [1.82, 2.24) is 4.98 Å². The first-order chi connectivity index (χ1) is 12.6. The van der Waals surface area contributed by atoms with Gasteiger partial charge in [-0.15, -0.1) is 0 Å². The van der Waals surface area contributed by atoms with Gasteiger partial charge in [-0.3, -0.25) is 0 Å². The number of ether oxygens (including phenoxy) is 1. The summed E-state index contributed by atoms with van der Waals surface area (Å²) in [5.74, 6) is 6.46. The highest BCUT2D eigenvalue weighted by atomic mass is 16.7. The number of aromatic nitrogens is 1. The summed E-state index contributed by atoms with van der Waals surface area (Å²) >= 11 is 0. The number of anilines is 1. The first-order valence-corrected chi connectivity index (χ1v) is 9.13. The smallest absolute Gasteiger partial charge is 0.473 e. The van der Waals surface area contributed by atoms with Crippen molar-refractivity contribution in [2.24, 2.45) is 5.84 Å². The van der Waals surface area contributed by atoms with Gasteiger partial charge in [0.25, 0.3) is 0 Å². The Bertz CT molecular complexity index is 808. The molecular weight excluding hydrogens is 341 g/mol. The summed E-state index contributed by atoms with van der Waals surface area (Å²) in [6.45, 7) is 10.5. The van der Waals surface area contributed by atoms with Crippen LogP contribution in [0.1, 0.15) is 38.8 Å². The third kappa shape index (κ3) is 3.95. The Morgan fingerprint density at radius 2 is 1.70 bits per heavy atom. The quantitative estimate of drug-likeness (QED) is 0.496. The molecule has 0 amide bonds. The summed E-state index contributed by atoms with van der Waals surface area (Å²) in [6, 6.07) is 11.6. The normalized spacial score (nSPS) is 17.8. The van der Waals surface area contributed by atoms with Gasteiger partial charge in [-0.2, -0.15) is 0 Å².